The fraction of sp³-hybridized carbons (Fsp3) is 0.444. The third-order valence-corrected chi connectivity index (χ3v) is 5.46. The average Bonchev–Trinajstić information content (AvgIpc) is 3.06. The van der Waals surface area contributed by atoms with Crippen LogP contribution in [0.5, 0.6) is 0 Å². The minimum Gasteiger partial charge on any atom is -0.455 e. The van der Waals surface area contributed by atoms with Gasteiger partial charge in [0, 0.05) is 30.4 Å². The molecule has 2 aromatic heterocycles. The minimum atomic E-state index is -0.137. The van der Waals surface area contributed by atoms with Gasteiger partial charge < -0.3 is 4.74 Å². The average molecular weight is 336 g/mol. The fourth-order valence-corrected chi connectivity index (χ4v) is 4.11. The van der Waals surface area contributed by atoms with E-state index in [0.717, 1.165) is 24.3 Å². The molecule has 2 aromatic rings. The number of aromatic nitrogens is 3. The van der Waals surface area contributed by atoms with Gasteiger partial charge in [-0.05, 0) is 38.1 Å². The van der Waals surface area contributed by atoms with Crippen molar-refractivity contribution in [3.63, 3.8) is 0 Å². The number of rotatable bonds is 2. The van der Waals surface area contributed by atoms with Crippen LogP contribution in [-0.2, 0) is 4.74 Å². The molecular formula is C18H20N6O. The van der Waals surface area contributed by atoms with Crippen molar-refractivity contribution in [2.75, 3.05) is 31.5 Å². The van der Waals surface area contributed by atoms with Crippen LogP contribution in [0.4, 0.5) is 5.82 Å². The molecule has 0 aromatic carbocycles. The molecular weight excluding hydrogens is 316 g/mol. The summed E-state index contributed by atoms with van der Waals surface area (Å²) in [5, 5.41) is 3.17. The highest BCUT2D eigenvalue weighted by Crippen LogP contribution is 2.40. The highest BCUT2D eigenvalue weighted by atomic mass is 16.5. The maximum atomic E-state index is 6.26. The predicted molar refractivity (Wildman–Crippen MR) is 94.2 cm³/mol. The summed E-state index contributed by atoms with van der Waals surface area (Å²) in [7, 11) is 0. The summed E-state index contributed by atoms with van der Waals surface area (Å²) in [6, 6.07) is 4.42. The Kier molecular flexibility index (Phi) is 3.41. The first-order chi connectivity index (χ1) is 12.3. The Bertz CT molecular complexity index is 785. The van der Waals surface area contributed by atoms with Gasteiger partial charge >= 0.3 is 0 Å². The first kappa shape index (κ1) is 14.8. The van der Waals surface area contributed by atoms with Gasteiger partial charge in [0.25, 0.3) is 6.02 Å². The molecule has 7 nitrogen and oxygen atoms in total. The molecule has 0 amide bonds. The Morgan fingerprint density at radius 2 is 2.08 bits per heavy atom. The number of nitrogens with zero attached hydrogens (tertiary/aromatic N) is 5. The second-order valence-corrected chi connectivity index (χ2v) is 6.99. The van der Waals surface area contributed by atoms with Gasteiger partial charge in [-0.2, -0.15) is 0 Å². The summed E-state index contributed by atoms with van der Waals surface area (Å²) in [4.78, 5) is 20.1. The molecule has 7 heteroatoms. The SMILES string of the molecule is c1cncc(-c2cnc(NC3=NCC4(CN5CCC4CC5)O3)cn2)c1. The Hall–Kier alpha value is -2.54. The van der Waals surface area contributed by atoms with Crippen LogP contribution in [0.1, 0.15) is 12.8 Å². The van der Waals surface area contributed by atoms with Crippen molar-refractivity contribution in [3.8, 4) is 11.3 Å². The number of fused-ring (bicyclic) bond motifs is 2. The van der Waals surface area contributed by atoms with Crippen LogP contribution in [0.2, 0.25) is 0 Å². The lowest BCUT2D eigenvalue weighted by Crippen LogP contribution is -2.61. The van der Waals surface area contributed by atoms with Crippen LogP contribution in [-0.4, -0.2) is 57.7 Å². The van der Waals surface area contributed by atoms with E-state index in [9.17, 15) is 0 Å². The van der Waals surface area contributed by atoms with E-state index >= 15 is 0 Å². The molecule has 4 aliphatic heterocycles. The fourth-order valence-electron chi connectivity index (χ4n) is 4.11. The van der Waals surface area contributed by atoms with Crippen LogP contribution in [0.15, 0.2) is 41.9 Å². The first-order valence-corrected chi connectivity index (χ1v) is 8.76. The normalized spacial score (nSPS) is 30.2. The van der Waals surface area contributed by atoms with Crippen molar-refractivity contribution in [2.45, 2.75) is 18.4 Å². The molecule has 6 rings (SSSR count). The smallest absolute Gasteiger partial charge is 0.291 e. The Labute approximate surface area is 146 Å². The van der Waals surface area contributed by atoms with E-state index in [1.54, 1.807) is 24.8 Å². The molecule has 3 fully saturated rings. The van der Waals surface area contributed by atoms with Crippen molar-refractivity contribution in [1.29, 1.82) is 0 Å². The van der Waals surface area contributed by atoms with E-state index in [-0.39, 0.29) is 5.60 Å². The van der Waals surface area contributed by atoms with Gasteiger partial charge in [-0.25, -0.2) is 9.98 Å². The molecule has 0 radical (unpaired) electrons. The van der Waals surface area contributed by atoms with Crippen LogP contribution >= 0.6 is 0 Å². The van der Waals surface area contributed by atoms with Gasteiger partial charge in [0.15, 0.2) is 5.82 Å². The summed E-state index contributed by atoms with van der Waals surface area (Å²) in [5.74, 6) is 1.25. The van der Waals surface area contributed by atoms with E-state index < -0.39 is 0 Å². The molecule has 1 N–H and O–H groups in total. The second-order valence-electron chi connectivity index (χ2n) is 6.99. The maximum absolute atomic E-state index is 6.26. The number of amidine groups is 1. The number of anilines is 1. The molecule has 128 valence electrons. The summed E-state index contributed by atoms with van der Waals surface area (Å²) in [6.07, 6.45) is 9.38. The Balaban J connectivity index is 1.27. The third kappa shape index (κ3) is 2.64. The topological polar surface area (TPSA) is 75.5 Å². The largest absolute Gasteiger partial charge is 0.455 e. The van der Waals surface area contributed by atoms with E-state index in [0.29, 0.717) is 17.8 Å². The number of aliphatic imine (C=N–C) groups is 1. The monoisotopic (exact) mass is 336 g/mol. The zero-order valence-electron chi connectivity index (χ0n) is 13.9. The molecule has 1 unspecified atom stereocenters. The quantitative estimate of drug-likeness (QED) is 0.901. The van der Waals surface area contributed by atoms with Gasteiger partial charge in [-0.15, -0.1) is 0 Å². The lowest BCUT2D eigenvalue weighted by atomic mass is 9.75. The summed E-state index contributed by atoms with van der Waals surface area (Å²) in [5.41, 5.74) is 1.60. The van der Waals surface area contributed by atoms with Crippen molar-refractivity contribution in [3.05, 3.63) is 36.9 Å². The highest BCUT2D eigenvalue weighted by molar-refractivity contribution is 5.89. The summed E-state index contributed by atoms with van der Waals surface area (Å²) >= 11 is 0. The zero-order chi connectivity index (χ0) is 16.7. The predicted octanol–water partition coefficient (Wildman–Crippen LogP) is 1.80. The summed E-state index contributed by atoms with van der Waals surface area (Å²) in [6.45, 7) is 4.11. The molecule has 6 heterocycles. The number of ether oxygens (including phenoxy) is 1. The van der Waals surface area contributed by atoms with E-state index in [4.69, 9.17) is 4.74 Å². The van der Waals surface area contributed by atoms with Gasteiger partial charge in [0.05, 0.1) is 24.6 Å². The lowest BCUT2D eigenvalue weighted by molar-refractivity contribution is -0.0829. The number of pyridine rings is 1. The third-order valence-electron chi connectivity index (χ3n) is 5.46. The standard InChI is InChI=1S/C18H20N6O/c1-2-13(8-19-5-1)15-9-21-16(10-20-15)23-17-22-11-18(25-17)12-24-6-3-14(18)4-7-24/h1-2,5,8-10,14H,3-4,6-7,11-12H2,(H,21,22,23). The van der Waals surface area contributed by atoms with Gasteiger partial charge in [0.2, 0.25) is 0 Å². The molecule has 2 bridgehead atoms. The minimum absolute atomic E-state index is 0.137. The molecule has 25 heavy (non-hydrogen) atoms. The maximum Gasteiger partial charge on any atom is 0.291 e. The van der Waals surface area contributed by atoms with Crippen LogP contribution < -0.4 is 5.32 Å². The molecule has 3 saturated heterocycles. The zero-order valence-corrected chi connectivity index (χ0v) is 13.9. The van der Waals surface area contributed by atoms with Gasteiger partial charge in [-0.1, -0.05) is 0 Å². The van der Waals surface area contributed by atoms with Crippen molar-refractivity contribution in [1.82, 2.24) is 19.9 Å². The number of hydrogen-bond donors (Lipinski definition) is 1. The lowest BCUT2D eigenvalue weighted by Gasteiger charge is -2.50. The number of nitrogens with one attached hydrogen (secondary N) is 1. The molecule has 0 aliphatic carbocycles. The van der Waals surface area contributed by atoms with Gasteiger partial charge in [-0.3, -0.25) is 20.2 Å². The van der Waals surface area contributed by atoms with E-state index in [2.05, 4.69) is 30.2 Å². The molecule has 0 saturated carbocycles. The highest BCUT2D eigenvalue weighted by Gasteiger charge is 2.51. The van der Waals surface area contributed by atoms with Crippen molar-refractivity contribution < 1.29 is 4.74 Å². The van der Waals surface area contributed by atoms with Crippen molar-refractivity contribution >= 4 is 11.8 Å². The van der Waals surface area contributed by atoms with Crippen LogP contribution in [0, 0.1) is 5.92 Å². The molecule has 1 spiro atoms. The summed E-state index contributed by atoms with van der Waals surface area (Å²) < 4.78 is 6.26. The van der Waals surface area contributed by atoms with E-state index in [1.807, 2.05) is 12.1 Å². The Morgan fingerprint density at radius 3 is 2.76 bits per heavy atom. The Morgan fingerprint density at radius 1 is 1.16 bits per heavy atom. The van der Waals surface area contributed by atoms with E-state index in [1.165, 1.54) is 25.9 Å². The van der Waals surface area contributed by atoms with Crippen molar-refractivity contribution in [2.24, 2.45) is 10.9 Å². The van der Waals surface area contributed by atoms with Crippen LogP contribution in [0.3, 0.4) is 0 Å². The second kappa shape index (κ2) is 5.77. The van der Waals surface area contributed by atoms with Crippen LogP contribution in [0.25, 0.3) is 11.3 Å². The first-order valence-electron chi connectivity index (χ1n) is 8.76. The number of hydrogen-bond acceptors (Lipinski definition) is 7. The number of piperidine rings is 3. The van der Waals surface area contributed by atoms with Gasteiger partial charge in [0.1, 0.15) is 5.60 Å². The molecule has 1 atom stereocenters. The molecule has 4 aliphatic rings.